The van der Waals surface area contributed by atoms with Crippen molar-refractivity contribution in [2.45, 2.75) is 26.3 Å². The average molecular weight is 280 g/mol. The topological polar surface area (TPSA) is 56.7 Å². The van der Waals surface area contributed by atoms with Crippen LogP contribution >= 0.6 is 0 Å². The Hall–Kier alpha value is -2.43. The monoisotopic (exact) mass is 280 g/mol. The van der Waals surface area contributed by atoms with Gasteiger partial charge in [-0.3, -0.25) is 0 Å². The molecule has 0 N–H and O–H groups in total. The van der Waals surface area contributed by atoms with Crippen LogP contribution in [0.4, 0.5) is 0 Å². The standard InChI is InChI=1S/C16H16N4O/c1-11-17-14(10-21-11)16-19-18-15-8-13(9-20(15)16)7-12-5-3-2-4-6-12/h2-6,10,13H,7-9H2,1H3. The van der Waals surface area contributed by atoms with E-state index in [2.05, 4.69) is 50.1 Å². The molecule has 0 saturated carbocycles. The van der Waals surface area contributed by atoms with Crippen LogP contribution in [-0.4, -0.2) is 19.7 Å². The lowest BCUT2D eigenvalue weighted by atomic mass is 9.98. The van der Waals surface area contributed by atoms with Crippen LogP contribution in [0.5, 0.6) is 0 Å². The number of nitrogens with zero attached hydrogens (tertiary/aromatic N) is 4. The summed E-state index contributed by atoms with van der Waals surface area (Å²) in [6, 6.07) is 10.6. The largest absolute Gasteiger partial charge is 0.449 e. The Kier molecular flexibility index (Phi) is 2.84. The molecule has 0 aliphatic carbocycles. The zero-order chi connectivity index (χ0) is 14.2. The Bertz CT molecular complexity index is 760. The summed E-state index contributed by atoms with van der Waals surface area (Å²) in [6.45, 7) is 2.78. The van der Waals surface area contributed by atoms with Gasteiger partial charge in [0.05, 0.1) is 0 Å². The molecule has 4 rings (SSSR count). The molecule has 0 saturated heterocycles. The Morgan fingerprint density at radius 1 is 1.24 bits per heavy atom. The number of aromatic nitrogens is 4. The SMILES string of the molecule is Cc1nc(-c2nnc3n2CC(Cc2ccccc2)C3)co1. The third kappa shape index (κ3) is 2.24. The number of fused-ring (bicyclic) bond motifs is 1. The fraction of sp³-hybridized carbons (Fsp3) is 0.312. The van der Waals surface area contributed by atoms with Crippen LogP contribution in [-0.2, 0) is 19.4 Å². The van der Waals surface area contributed by atoms with Gasteiger partial charge < -0.3 is 8.98 Å². The molecule has 0 bridgehead atoms. The number of hydrogen-bond acceptors (Lipinski definition) is 4. The first kappa shape index (κ1) is 12.3. The van der Waals surface area contributed by atoms with Gasteiger partial charge >= 0.3 is 0 Å². The van der Waals surface area contributed by atoms with E-state index in [1.54, 1.807) is 6.26 Å². The van der Waals surface area contributed by atoms with Crippen molar-refractivity contribution < 1.29 is 4.42 Å². The van der Waals surface area contributed by atoms with E-state index in [1.807, 2.05) is 6.92 Å². The predicted molar refractivity (Wildman–Crippen MR) is 77.6 cm³/mol. The second kappa shape index (κ2) is 4.84. The van der Waals surface area contributed by atoms with E-state index in [0.29, 0.717) is 11.8 Å². The Morgan fingerprint density at radius 3 is 2.86 bits per heavy atom. The molecule has 106 valence electrons. The van der Waals surface area contributed by atoms with Crippen LogP contribution in [0.15, 0.2) is 41.0 Å². The number of benzene rings is 1. The van der Waals surface area contributed by atoms with E-state index >= 15 is 0 Å². The van der Waals surface area contributed by atoms with Gasteiger partial charge in [-0.25, -0.2) is 4.98 Å². The van der Waals surface area contributed by atoms with Crippen LogP contribution in [0.25, 0.3) is 11.5 Å². The second-order valence-electron chi connectivity index (χ2n) is 5.56. The van der Waals surface area contributed by atoms with Crippen LogP contribution in [0.2, 0.25) is 0 Å². The normalized spacial score (nSPS) is 17.1. The third-order valence-electron chi connectivity index (χ3n) is 3.95. The molecule has 3 heterocycles. The highest BCUT2D eigenvalue weighted by Gasteiger charge is 2.27. The van der Waals surface area contributed by atoms with E-state index in [-0.39, 0.29) is 0 Å². The molecule has 0 amide bonds. The van der Waals surface area contributed by atoms with E-state index in [9.17, 15) is 0 Å². The lowest BCUT2D eigenvalue weighted by molar-refractivity contribution is 0.507. The molecule has 1 unspecified atom stereocenters. The molecular weight excluding hydrogens is 264 g/mol. The summed E-state index contributed by atoms with van der Waals surface area (Å²) in [5.41, 5.74) is 2.15. The Morgan fingerprint density at radius 2 is 2.10 bits per heavy atom. The number of aryl methyl sites for hydroxylation is 1. The molecule has 5 nitrogen and oxygen atoms in total. The summed E-state index contributed by atoms with van der Waals surface area (Å²) < 4.78 is 7.45. The smallest absolute Gasteiger partial charge is 0.191 e. The molecule has 1 aromatic carbocycles. The van der Waals surface area contributed by atoms with Gasteiger partial charge in [-0.05, 0) is 17.9 Å². The summed E-state index contributed by atoms with van der Waals surface area (Å²) in [7, 11) is 0. The molecule has 5 heteroatoms. The fourth-order valence-electron chi connectivity index (χ4n) is 3.00. The first-order valence-corrected chi connectivity index (χ1v) is 7.18. The molecule has 2 aromatic heterocycles. The van der Waals surface area contributed by atoms with E-state index in [1.165, 1.54) is 5.56 Å². The van der Waals surface area contributed by atoms with Crippen LogP contribution in [0.3, 0.4) is 0 Å². The van der Waals surface area contributed by atoms with Crippen molar-refractivity contribution in [1.82, 2.24) is 19.7 Å². The van der Waals surface area contributed by atoms with Crippen molar-refractivity contribution in [1.29, 1.82) is 0 Å². The third-order valence-corrected chi connectivity index (χ3v) is 3.95. The van der Waals surface area contributed by atoms with Crippen LogP contribution in [0.1, 0.15) is 17.3 Å². The summed E-state index contributed by atoms with van der Waals surface area (Å²) in [5.74, 6) is 3.09. The highest BCUT2D eigenvalue weighted by Crippen LogP contribution is 2.27. The first-order valence-electron chi connectivity index (χ1n) is 7.18. The lowest BCUT2D eigenvalue weighted by Crippen LogP contribution is -2.07. The molecule has 0 spiro atoms. The first-order chi connectivity index (χ1) is 10.3. The molecule has 1 atom stereocenters. The molecule has 0 fully saturated rings. The molecule has 1 aliphatic heterocycles. The van der Waals surface area contributed by atoms with Gasteiger partial charge in [-0.2, -0.15) is 0 Å². The zero-order valence-electron chi connectivity index (χ0n) is 11.9. The summed E-state index contributed by atoms with van der Waals surface area (Å²) in [4.78, 5) is 4.35. The summed E-state index contributed by atoms with van der Waals surface area (Å²) in [5, 5.41) is 8.56. The van der Waals surface area contributed by atoms with Crippen LogP contribution in [0, 0.1) is 12.8 Å². The highest BCUT2D eigenvalue weighted by molar-refractivity contribution is 5.48. The van der Waals surface area contributed by atoms with Gasteiger partial charge in [0.25, 0.3) is 0 Å². The van der Waals surface area contributed by atoms with Crippen molar-refractivity contribution in [3.8, 4) is 11.5 Å². The minimum atomic E-state index is 0.574. The van der Waals surface area contributed by atoms with Crippen molar-refractivity contribution >= 4 is 0 Å². The quantitative estimate of drug-likeness (QED) is 0.740. The van der Waals surface area contributed by atoms with E-state index < -0.39 is 0 Å². The Balaban J connectivity index is 1.56. The number of oxazole rings is 1. The fourth-order valence-corrected chi connectivity index (χ4v) is 3.00. The highest BCUT2D eigenvalue weighted by atomic mass is 16.3. The van der Waals surface area contributed by atoms with Gasteiger partial charge in [0.15, 0.2) is 11.7 Å². The average Bonchev–Trinajstić information content (AvgIpc) is 3.15. The molecular formula is C16H16N4O. The van der Waals surface area contributed by atoms with Gasteiger partial charge in [0, 0.05) is 19.9 Å². The lowest BCUT2D eigenvalue weighted by Gasteiger charge is -2.09. The van der Waals surface area contributed by atoms with Gasteiger partial charge in [-0.15, -0.1) is 10.2 Å². The van der Waals surface area contributed by atoms with Crippen molar-refractivity contribution in [3.05, 3.63) is 53.9 Å². The minimum absolute atomic E-state index is 0.574. The maximum Gasteiger partial charge on any atom is 0.191 e. The van der Waals surface area contributed by atoms with Crippen molar-refractivity contribution in [2.24, 2.45) is 5.92 Å². The maximum atomic E-state index is 5.28. The van der Waals surface area contributed by atoms with Gasteiger partial charge in [-0.1, -0.05) is 30.3 Å². The summed E-state index contributed by atoms with van der Waals surface area (Å²) in [6.07, 6.45) is 3.69. The summed E-state index contributed by atoms with van der Waals surface area (Å²) >= 11 is 0. The minimum Gasteiger partial charge on any atom is -0.449 e. The zero-order valence-corrected chi connectivity index (χ0v) is 11.9. The molecule has 1 aliphatic rings. The number of hydrogen-bond donors (Lipinski definition) is 0. The van der Waals surface area contributed by atoms with Gasteiger partial charge in [0.2, 0.25) is 0 Å². The van der Waals surface area contributed by atoms with Crippen LogP contribution < -0.4 is 0 Å². The maximum absolute atomic E-state index is 5.28. The number of rotatable bonds is 3. The van der Waals surface area contributed by atoms with E-state index in [4.69, 9.17) is 4.42 Å². The van der Waals surface area contributed by atoms with E-state index in [0.717, 1.165) is 36.7 Å². The van der Waals surface area contributed by atoms with Crippen molar-refractivity contribution in [3.63, 3.8) is 0 Å². The molecule has 0 radical (unpaired) electrons. The second-order valence-corrected chi connectivity index (χ2v) is 5.56. The van der Waals surface area contributed by atoms with Crippen molar-refractivity contribution in [2.75, 3.05) is 0 Å². The predicted octanol–water partition coefficient (Wildman–Crippen LogP) is 2.66. The Labute approximate surface area is 122 Å². The van der Waals surface area contributed by atoms with Gasteiger partial charge in [0.1, 0.15) is 17.8 Å². The molecule has 3 aromatic rings. The molecule has 21 heavy (non-hydrogen) atoms.